The molecule has 2 aromatic carbocycles. The van der Waals surface area contributed by atoms with Crippen molar-refractivity contribution in [2.24, 2.45) is 35.5 Å². The van der Waals surface area contributed by atoms with Gasteiger partial charge in [-0.3, -0.25) is 9.59 Å². The molecule has 1 N–H and O–H groups in total. The zero-order valence-corrected chi connectivity index (χ0v) is 52.2. The molecule has 2 aromatic heterocycles. The Balaban J connectivity index is 0.000000271. The van der Waals surface area contributed by atoms with Crippen LogP contribution in [0.25, 0.3) is 20.2 Å². The molecule has 2 aliphatic carbocycles. The quantitative estimate of drug-likeness (QED) is 0.0383. The zero-order valence-electron chi connectivity index (χ0n) is 48.6. The zero-order chi connectivity index (χ0) is 53.7. The van der Waals surface area contributed by atoms with Gasteiger partial charge in [0.2, 0.25) is 0 Å². The summed E-state index contributed by atoms with van der Waals surface area (Å²) in [5.41, 5.74) is 0. The summed E-state index contributed by atoms with van der Waals surface area (Å²) in [5.74, 6) is 4.59. The molecule has 0 amide bonds. The van der Waals surface area contributed by atoms with Crippen molar-refractivity contribution in [3.05, 3.63) is 70.4 Å². The lowest BCUT2D eigenvalue weighted by Crippen LogP contribution is -2.45. The number of rotatable bonds is 26. The third-order valence-corrected chi connectivity index (χ3v) is 30.2. The van der Waals surface area contributed by atoms with E-state index >= 15 is 0 Å². The van der Waals surface area contributed by atoms with Crippen molar-refractivity contribution in [3.63, 3.8) is 0 Å². The minimum Gasteiger partial charge on any atom is -0.481 e. The molecule has 0 unspecified atom stereocenters. The number of thiophene rings is 2. The molecule has 410 valence electrons. The van der Waals surface area contributed by atoms with Gasteiger partial charge in [0.25, 0.3) is 0 Å². The highest BCUT2D eigenvalue weighted by Gasteiger charge is 2.48. The molecule has 10 atom stereocenters. The van der Waals surface area contributed by atoms with Crippen LogP contribution in [0.3, 0.4) is 0 Å². The lowest BCUT2D eigenvalue weighted by atomic mass is 9.81. The van der Waals surface area contributed by atoms with Crippen LogP contribution in [0.1, 0.15) is 206 Å². The van der Waals surface area contributed by atoms with Gasteiger partial charge < -0.3 is 18.7 Å². The van der Waals surface area contributed by atoms with Crippen molar-refractivity contribution in [3.8, 4) is 0 Å². The lowest BCUT2D eigenvalue weighted by molar-refractivity contribution is -0.141. The van der Waals surface area contributed by atoms with Gasteiger partial charge in [-0.05, 0) is 183 Å². The summed E-state index contributed by atoms with van der Waals surface area (Å²) in [5, 5.41) is 12.2. The van der Waals surface area contributed by atoms with Crippen molar-refractivity contribution >= 4 is 71.4 Å². The predicted molar refractivity (Wildman–Crippen MR) is 320 cm³/mol. The van der Waals surface area contributed by atoms with Crippen molar-refractivity contribution in [2.75, 3.05) is 7.11 Å². The Bertz CT molecular complexity index is 2220. The molecule has 0 bridgehead atoms. The van der Waals surface area contributed by atoms with Gasteiger partial charge in [-0.25, -0.2) is 0 Å². The maximum atomic E-state index is 11.4. The van der Waals surface area contributed by atoms with E-state index in [9.17, 15) is 9.59 Å². The van der Waals surface area contributed by atoms with Gasteiger partial charge in [0, 0.05) is 44.2 Å². The maximum Gasteiger partial charge on any atom is 0.305 e. The number of hydrogen-bond acceptors (Lipinski definition) is 7. The molecule has 4 aromatic rings. The van der Waals surface area contributed by atoms with Crippen LogP contribution in [0, 0.1) is 35.5 Å². The molecular formula is C63H102O6S2Si2. The summed E-state index contributed by atoms with van der Waals surface area (Å²) in [6.45, 7) is 33.5. The van der Waals surface area contributed by atoms with E-state index in [-0.39, 0.29) is 16.0 Å². The summed E-state index contributed by atoms with van der Waals surface area (Å²) in [4.78, 5) is 25.3. The van der Waals surface area contributed by atoms with Crippen molar-refractivity contribution in [2.45, 2.75) is 245 Å². The molecule has 2 fully saturated rings. The fraction of sp³-hybridized carbons (Fsp3) is 0.714. The van der Waals surface area contributed by atoms with Crippen LogP contribution in [-0.4, -0.2) is 53.0 Å². The number of esters is 1. The minimum atomic E-state index is -1.82. The largest absolute Gasteiger partial charge is 0.481 e. The minimum absolute atomic E-state index is 0.0831. The van der Waals surface area contributed by atoms with Crippen LogP contribution in [0.4, 0.5) is 0 Å². The second kappa shape index (κ2) is 27.8. The molecule has 73 heavy (non-hydrogen) atoms. The van der Waals surface area contributed by atoms with Crippen molar-refractivity contribution < 1.29 is 28.3 Å². The smallest absolute Gasteiger partial charge is 0.305 e. The van der Waals surface area contributed by atoms with Gasteiger partial charge >= 0.3 is 11.9 Å². The summed E-state index contributed by atoms with van der Waals surface area (Å²) in [6.07, 6.45) is 20.2. The number of carboxylic acid groups (broad SMARTS) is 1. The summed E-state index contributed by atoms with van der Waals surface area (Å²) < 4.78 is 21.8. The Hall–Kier alpha value is -2.35. The average molecular weight is 1080 g/mol. The monoisotopic (exact) mass is 1070 g/mol. The SMILES string of the molecule is COC(=O)CCCCCC[C@@H]1[C@@H](CC[C@@H](C)c2cc3ccccc3s2)[C@H](C)C[C@@H]1O[Si](C)(C)C(C)(C)C.C[C@H](CC[C@@H]1[C@@H](CCCCCCC(=O)O)[C@@H](O[Si](C)(C)C(C)(C)C)C[C@H]1C)c1cc2ccccc2s1. The number of fused-ring (bicyclic) bond motifs is 2. The Labute approximate surface area is 455 Å². The third-order valence-electron chi connectivity index (χ3n) is 18.5. The van der Waals surface area contributed by atoms with Crippen LogP contribution >= 0.6 is 22.7 Å². The molecule has 6 nitrogen and oxygen atoms in total. The maximum absolute atomic E-state index is 11.4. The summed E-state index contributed by atoms with van der Waals surface area (Å²) in [7, 11) is -2.16. The van der Waals surface area contributed by atoms with E-state index in [0.29, 0.717) is 60.6 Å². The molecule has 0 saturated heterocycles. The van der Waals surface area contributed by atoms with Crippen LogP contribution in [-0.2, 0) is 23.2 Å². The first-order chi connectivity index (χ1) is 34.3. The van der Waals surface area contributed by atoms with Crippen LogP contribution in [0.2, 0.25) is 36.3 Å². The Morgan fingerprint density at radius 1 is 0.589 bits per heavy atom. The standard InChI is InChI=1S/C32H52O3SSi.C31H50O3SSi/c1-23(30-22-25-15-13-14-17-29(25)36-30)19-20-26-24(2)21-28(35-37(7,8)32(3,4)5)27(26)16-11-9-10-12-18-31(33)34-6;1-22(29-21-24-14-12-13-16-28(24)35-29)18-19-25-23(2)20-27(34-36(6,7)31(3,4)5)26(25)15-10-8-9-11-17-30(32)33/h13-15,17,22-24,26-28H,9-12,16,18-21H2,1-8H3;12-14,16,21-23,25-27H,8-11,15,17-20H2,1-7H3,(H,32,33)/t23-,24-,26+,27-,28+;22-,23-,25+,26-,27+/m11/s1. The average Bonchev–Trinajstić information content (AvgIpc) is 4.09. The van der Waals surface area contributed by atoms with Gasteiger partial charge in [0.05, 0.1) is 7.11 Å². The number of methoxy groups -OCH3 is 1. The van der Waals surface area contributed by atoms with E-state index in [2.05, 4.69) is 156 Å². The first-order valence-electron chi connectivity index (χ1n) is 28.9. The van der Waals surface area contributed by atoms with Gasteiger partial charge in [0.1, 0.15) is 0 Å². The fourth-order valence-corrected chi connectivity index (χ4v) is 16.8. The highest BCUT2D eigenvalue weighted by Crippen LogP contribution is 2.51. The summed E-state index contributed by atoms with van der Waals surface area (Å²) >= 11 is 3.94. The number of carboxylic acids is 1. The molecule has 2 aliphatic rings. The van der Waals surface area contributed by atoms with E-state index in [1.807, 2.05) is 22.7 Å². The second-order valence-corrected chi connectivity index (χ2v) is 37.9. The number of hydrogen-bond donors (Lipinski definition) is 1. The third kappa shape index (κ3) is 17.8. The van der Waals surface area contributed by atoms with E-state index in [0.717, 1.165) is 43.9 Å². The van der Waals surface area contributed by atoms with Gasteiger partial charge in [-0.15, -0.1) is 22.7 Å². The van der Waals surface area contributed by atoms with E-state index in [1.54, 1.807) is 0 Å². The molecule has 6 rings (SSSR count). The Morgan fingerprint density at radius 3 is 1.34 bits per heavy atom. The highest BCUT2D eigenvalue weighted by atomic mass is 32.1. The van der Waals surface area contributed by atoms with Gasteiger partial charge in [-0.1, -0.05) is 144 Å². The van der Waals surface area contributed by atoms with Gasteiger partial charge in [0.15, 0.2) is 16.6 Å². The van der Waals surface area contributed by atoms with E-state index in [1.165, 1.54) is 108 Å². The number of carbonyl (C=O) groups is 2. The van der Waals surface area contributed by atoms with E-state index < -0.39 is 22.6 Å². The fourth-order valence-electron chi connectivity index (χ4n) is 11.8. The van der Waals surface area contributed by atoms with Crippen molar-refractivity contribution in [1.29, 1.82) is 0 Å². The number of carbonyl (C=O) groups excluding carboxylic acids is 1. The number of benzene rings is 2. The lowest BCUT2D eigenvalue weighted by Gasteiger charge is -2.40. The Morgan fingerprint density at radius 2 is 0.973 bits per heavy atom. The topological polar surface area (TPSA) is 82.1 Å². The number of aliphatic carboxylic acids is 1. The Kier molecular flexibility index (Phi) is 23.4. The normalized spacial score (nSPS) is 23.7. The molecule has 2 heterocycles. The predicted octanol–water partition coefficient (Wildman–Crippen LogP) is 19.8. The van der Waals surface area contributed by atoms with Crippen molar-refractivity contribution in [1.82, 2.24) is 0 Å². The van der Waals surface area contributed by atoms with Gasteiger partial charge in [-0.2, -0.15) is 0 Å². The first-order valence-corrected chi connectivity index (χ1v) is 36.4. The molecule has 0 radical (unpaired) electrons. The summed E-state index contributed by atoms with van der Waals surface area (Å²) in [6, 6.07) is 22.4. The second-order valence-electron chi connectivity index (χ2n) is 26.1. The highest BCUT2D eigenvalue weighted by molar-refractivity contribution is 7.19. The van der Waals surface area contributed by atoms with Crippen LogP contribution in [0.15, 0.2) is 60.7 Å². The molecule has 10 heteroatoms. The number of ether oxygens (including phenoxy) is 1. The molecule has 0 spiro atoms. The molecule has 2 saturated carbocycles. The van der Waals surface area contributed by atoms with E-state index in [4.69, 9.17) is 18.7 Å². The first kappa shape index (κ1) is 61.5. The molecular weight excluding hydrogens is 973 g/mol. The van der Waals surface area contributed by atoms with Crippen LogP contribution in [0.5, 0.6) is 0 Å². The number of unbranched alkanes of at least 4 members (excludes halogenated alkanes) is 6. The van der Waals surface area contributed by atoms with Crippen LogP contribution < -0.4 is 0 Å². The molecule has 0 aliphatic heterocycles.